The predicted molar refractivity (Wildman–Crippen MR) is 88.4 cm³/mol. The van der Waals surface area contributed by atoms with Gasteiger partial charge in [-0.05, 0) is 25.0 Å². The van der Waals surface area contributed by atoms with E-state index in [1.807, 2.05) is 19.8 Å². The van der Waals surface area contributed by atoms with Crippen LogP contribution in [0.2, 0.25) is 0 Å². The lowest BCUT2D eigenvalue weighted by Gasteiger charge is -2.26. The van der Waals surface area contributed by atoms with Crippen LogP contribution in [0.3, 0.4) is 0 Å². The van der Waals surface area contributed by atoms with Gasteiger partial charge < -0.3 is 14.0 Å². The second kappa shape index (κ2) is 6.96. The molecule has 0 saturated carbocycles. The monoisotopic (exact) mass is 301 g/mol. The SMILES string of the molecule is CC1(C)COB(/C=C/c2ccc(CN3CCOCC3)cc2)O1. The number of hydrogen-bond donors (Lipinski definition) is 0. The molecule has 2 saturated heterocycles. The fourth-order valence-corrected chi connectivity index (χ4v) is 2.70. The van der Waals surface area contributed by atoms with E-state index in [0.29, 0.717) is 6.61 Å². The van der Waals surface area contributed by atoms with Crippen molar-refractivity contribution >= 4 is 13.2 Å². The molecule has 0 aliphatic carbocycles. The lowest BCUT2D eigenvalue weighted by Crippen LogP contribution is -2.35. The first-order valence-electron chi connectivity index (χ1n) is 7.97. The van der Waals surface area contributed by atoms with Gasteiger partial charge in [0.2, 0.25) is 0 Å². The summed E-state index contributed by atoms with van der Waals surface area (Å²) in [5, 5.41) is 0. The first-order valence-corrected chi connectivity index (χ1v) is 7.97. The summed E-state index contributed by atoms with van der Waals surface area (Å²) in [4.78, 5) is 2.43. The number of benzene rings is 1. The third-order valence-corrected chi connectivity index (χ3v) is 3.97. The molecule has 3 rings (SSSR count). The Bertz CT molecular complexity index is 509. The van der Waals surface area contributed by atoms with Crippen LogP contribution in [0.4, 0.5) is 0 Å². The first kappa shape index (κ1) is 15.7. The van der Waals surface area contributed by atoms with Gasteiger partial charge in [-0.1, -0.05) is 36.3 Å². The van der Waals surface area contributed by atoms with Gasteiger partial charge in [0.1, 0.15) is 0 Å². The Morgan fingerprint density at radius 1 is 1.18 bits per heavy atom. The van der Waals surface area contributed by atoms with Crippen molar-refractivity contribution in [2.45, 2.75) is 26.0 Å². The third kappa shape index (κ3) is 4.43. The highest BCUT2D eigenvalue weighted by Gasteiger charge is 2.34. The van der Waals surface area contributed by atoms with Crippen molar-refractivity contribution < 1.29 is 14.0 Å². The van der Waals surface area contributed by atoms with E-state index >= 15 is 0 Å². The van der Waals surface area contributed by atoms with Crippen LogP contribution in [-0.2, 0) is 20.6 Å². The Morgan fingerprint density at radius 2 is 1.91 bits per heavy atom. The van der Waals surface area contributed by atoms with Gasteiger partial charge in [0.05, 0.1) is 25.4 Å². The molecule has 1 aromatic carbocycles. The fourth-order valence-electron chi connectivity index (χ4n) is 2.70. The van der Waals surface area contributed by atoms with Crippen molar-refractivity contribution in [2.75, 3.05) is 32.9 Å². The van der Waals surface area contributed by atoms with E-state index in [1.54, 1.807) is 0 Å². The highest BCUT2D eigenvalue weighted by Crippen LogP contribution is 2.20. The maximum absolute atomic E-state index is 5.77. The van der Waals surface area contributed by atoms with E-state index in [9.17, 15) is 0 Å². The van der Waals surface area contributed by atoms with Crippen LogP contribution in [0.5, 0.6) is 0 Å². The summed E-state index contributed by atoms with van der Waals surface area (Å²) in [5.74, 6) is 1.98. The summed E-state index contributed by atoms with van der Waals surface area (Å²) < 4.78 is 16.7. The Labute approximate surface area is 133 Å². The summed E-state index contributed by atoms with van der Waals surface area (Å²) >= 11 is 0. The summed E-state index contributed by atoms with van der Waals surface area (Å²) in [6.45, 7) is 9.46. The topological polar surface area (TPSA) is 30.9 Å². The molecule has 1 aromatic rings. The molecule has 0 radical (unpaired) electrons. The zero-order chi connectivity index (χ0) is 15.4. The van der Waals surface area contributed by atoms with Crippen LogP contribution in [0.1, 0.15) is 25.0 Å². The maximum Gasteiger partial charge on any atom is 0.486 e. The van der Waals surface area contributed by atoms with Crippen LogP contribution in [0, 0.1) is 0 Å². The Kier molecular flexibility index (Phi) is 4.98. The zero-order valence-electron chi connectivity index (χ0n) is 13.5. The molecule has 0 unspecified atom stereocenters. The first-order chi connectivity index (χ1) is 10.6. The quantitative estimate of drug-likeness (QED) is 0.799. The average Bonchev–Trinajstić information content (AvgIpc) is 2.87. The number of ether oxygens (including phenoxy) is 1. The van der Waals surface area contributed by atoms with E-state index < -0.39 is 0 Å². The van der Waals surface area contributed by atoms with Crippen molar-refractivity contribution in [3.63, 3.8) is 0 Å². The van der Waals surface area contributed by atoms with E-state index in [1.165, 1.54) is 11.1 Å². The van der Waals surface area contributed by atoms with E-state index in [0.717, 1.165) is 32.8 Å². The molecule has 4 nitrogen and oxygen atoms in total. The summed E-state index contributed by atoms with van der Waals surface area (Å²) in [7, 11) is -0.233. The number of nitrogens with zero attached hydrogens (tertiary/aromatic N) is 1. The summed E-state index contributed by atoms with van der Waals surface area (Å²) in [6.07, 6.45) is 2.06. The zero-order valence-corrected chi connectivity index (χ0v) is 13.5. The summed E-state index contributed by atoms with van der Waals surface area (Å²) in [5.41, 5.74) is 2.33. The van der Waals surface area contributed by atoms with Crippen LogP contribution in [0.15, 0.2) is 30.2 Å². The molecule has 0 amide bonds. The minimum Gasteiger partial charge on any atom is -0.405 e. The minimum atomic E-state index is -0.233. The molecule has 2 fully saturated rings. The van der Waals surface area contributed by atoms with E-state index in [-0.39, 0.29) is 12.7 Å². The maximum atomic E-state index is 5.77. The van der Waals surface area contributed by atoms with Gasteiger partial charge in [-0.3, -0.25) is 4.90 Å². The van der Waals surface area contributed by atoms with Gasteiger partial charge in [0.25, 0.3) is 0 Å². The number of rotatable bonds is 4. The highest BCUT2D eigenvalue weighted by molar-refractivity contribution is 6.52. The Morgan fingerprint density at radius 3 is 2.55 bits per heavy atom. The van der Waals surface area contributed by atoms with Crippen molar-refractivity contribution in [3.8, 4) is 0 Å². The second-order valence-electron chi connectivity index (χ2n) is 6.55. The smallest absolute Gasteiger partial charge is 0.405 e. The van der Waals surface area contributed by atoms with Crippen molar-refractivity contribution in [1.82, 2.24) is 4.90 Å². The molecule has 0 atom stereocenters. The van der Waals surface area contributed by atoms with Crippen LogP contribution >= 0.6 is 0 Å². The second-order valence-corrected chi connectivity index (χ2v) is 6.55. The predicted octanol–water partition coefficient (Wildman–Crippen LogP) is 2.38. The number of hydrogen-bond acceptors (Lipinski definition) is 4. The minimum absolute atomic E-state index is 0.184. The normalized spacial score (nSPS) is 22.5. The van der Waals surface area contributed by atoms with Crippen molar-refractivity contribution in [1.29, 1.82) is 0 Å². The van der Waals surface area contributed by atoms with Gasteiger partial charge in [-0.25, -0.2) is 0 Å². The van der Waals surface area contributed by atoms with Crippen LogP contribution < -0.4 is 0 Å². The molecule has 2 aliphatic heterocycles. The van der Waals surface area contributed by atoms with Gasteiger partial charge in [-0.15, -0.1) is 0 Å². The number of morpholine rings is 1. The molecule has 2 heterocycles. The molecule has 0 aromatic heterocycles. The molecule has 118 valence electrons. The summed E-state index contributed by atoms with van der Waals surface area (Å²) in [6, 6.07) is 8.67. The van der Waals surface area contributed by atoms with Crippen molar-refractivity contribution in [2.24, 2.45) is 0 Å². The Balaban J connectivity index is 1.53. The molecule has 2 aliphatic rings. The largest absolute Gasteiger partial charge is 0.486 e. The molecule has 5 heteroatoms. The molecule has 0 bridgehead atoms. The van der Waals surface area contributed by atoms with Gasteiger partial charge in [-0.2, -0.15) is 0 Å². The molecular formula is C17H24BNO3. The molecule has 0 spiro atoms. The molecular weight excluding hydrogens is 277 g/mol. The van der Waals surface area contributed by atoms with Crippen LogP contribution in [0.25, 0.3) is 6.08 Å². The fraction of sp³-hybridized carbons (Fsp3) is 0.529. The molecule has 0 N–H and O–H groups in total. The Hall–Kier alpha value is -1.14. The molecule has 22 heavy (non-hydrogen) atoms. The van der Waals surface area contributed by atoms with Gasteiger partial charge in [0, 0.05) is 19.6 Å². The van der Waals surface area contributed by atoms with Crippen LogP contribution in [-0.4, -0.2) is 50.5 Å². The van der Waals surface area contributed by atoms with Crippen molar-refractivity contribution in [3.05, 3.63) is 41.4 Å². The van der Waals surface area contributed by atoms with Gasteiger partial charge >= 0.3 is 7.12 Å². The van der Waals surface area contributed by atoms with E-state index in [4.69, 9.17) is 14.0 Å². The highest BCUT2D eigenvalue weighted by atomic mass is 16.7. The lowest BCUT2D eigenvalue weighted by atomic mass is 9.89. The van der Waals surface area contributed by atoms with Gasteiger partial charge in [0.15, 0.2) is 0 Å². The van der Waals surface area contributed by atoms with E-state index in [2.05, 4.69) is 35.2 Å². The average molecular weight is 301 g/mol. The standard InChI is InChI=1S/C17H24BNO3/c1-17(2)14-21-18(22-17)8-7-15-3-5-16(6-4-15)13-19-9-11-20-12-10-19/h3-8H,9-14H2,1-2H3/b8-7+. The lowest BCUT2D eigenvalue weighted by molar-refractivity contribution is 0.0342. The third-order valence-electron chi connectivity index (χ3n) is 3.97.